The summed E-state index contributed by atoms with van der Waals surface area (Å²) in [5.41, 5.74) is 0.908. The van der Waals surface area contributed by atoms with Gasteiger partial charge in [0, 0.05) is 10.7 Å². The molecule has 3 rings (SSSR count). The molecule has 1 fully saturated rings. The number of carbonyl (C=O) groups is 2. The van der Waals surface area contributed by atoms with Gasteiger partial charge < -0.3 is 5.32 Å². The van der Waals surface area contributed by atoms with Gasteiger partial charge in [-0.1, -0.05) is 45.2 Å². The lowest BCUT2D eigenvalue weighted by molar-refractivity contribution is -0.130. The molecule has 0 bridgehead atoms. The summed E-state index contributed by atoms with van der Waals surface area (Å²) in [6.07, 6.45) is 1.24. The number of thiocarbonyl (C=S) groups is 1. The molecule has 1 aliphatic rings. The first-order valence-corrected chi connectivity index (χ1v) is 9.27. The monoisotopic (exact) mass is 469 g/mol. The van der Waals surface area contributed by atoms with Crippen molar-refractivity contribution in [1.29, 1.82) is 0 Å². The largest absolute Gasteiger partial charge is 0.301 e. The second-order valence-electron chi connectivity index (χ2n) is 5.27. The Labute approximate surface area is 173 Å². The van der Waals surface area contributed by atoms with E-state index in [1.54, 1.807) is 42.5 Å². The van der Waals surface area contributed by atoms with Crippen LogP contribution in [0.5, 0.6) is 0 Å². The zero-order chi connectivity index (χ0) is 18.8. The lowest BCUT2D eigenvalue weighted by atomic mass is 10.1. The lowest BCUT2D eigenvalue weighted by Gasteiger charge is -2.30. The Bertz CT molecular complexity index is 934. The first-order valence-electron chi connectivity index (χ1n) is 7.31. The van der Waals surface area contributed by atoms with Crippen molar-refractivity contribution in [1.82, 2.24) is 5.32 Å². The molecule has 1 N–H and O–H groups in total. The fourth-order valence-electron chi connectivity index (χ4n) is 2.30. The Balaban J connectivity index is 1.91. The fraction of sp³-hybridized carbons (Fsp3) is 0.0588. The van der Waals surface area contributed by atoms with Crippen LogP contribution in [-0.2, 0) is 9.59 Å². The van der Waals surface area contributed by atoms with Crippen molar-refractivity contribution in [3.63, 3.8) is 0 Å². The number of amides is 2. The maximum atomic E-state index is 12.8. The van der Waals surface area contributed by atoms with Crippen molar-refractivity contribution >= 4 is 85.9 Å². The second kappa shape index (κ2) is 7.84. The lowest BCUT2D eigenvalue weighted by Crippen LogP contribution is -2.58. The molecule has 1 atom stereocenters. The van der Waals surface area contributed by atoms with Crippen molar-refractivity contribution in [2.75, 3.05) is 4.90 Å². The van der Waals surface area contributed by atoms with Crippen LogP contribution in [0.4, 0.5) is 11.4 Å². The highest BCUT2D eigenvalue weighted by Gasteiger charge is 2.38. The van der Waals surface area contributed by atoms with Crippen molar-refractivity contribution in [2.24, 2.45) is 10.9 Å². The first kappa shape index (κ1) is 19.0. The topological polar surface area (TPSA) is 61.8 Å². The van der Waals surface area contributed by atoms with Crippen LogP contribution in [0.25, 0.3) is 0 Å². The van der Waals surface area contributed by atoms with Gasteiger partial charge in [0.1, 0.15) is 0 Å². The minimum absolute atomic E-state index is 0.0211. The Hall–Kier alpha value is -1.80. The van der Waals surface area contributed by atoms with E-state index in [2.05, 4.69) is 26.2 Å². The molecule has 0 spiro atoms. The van der Waals surface area contributed by atoms with E-state index < -0.39 is 17.7 Å². The van der Waals surface area contributed by atoms with Gasteiger partial charge in [-0.05, 0) is 48.6 Å². The molecule has 1 aliphatic heterocycles. The summed E-state index contributed by atoms with van der Waals surface area (Å²) in [6, 6.07) is 11.9. The molecule has 2 aromatic rings. The molecule has 0 radical (unpaired) electrons. The first-order chi connectivity index (χ1) is 12.4. The summed E-state index contributed by atoms with van der Waals surface area (Å²) < 4.78 is 0.856. The van der Waals surface area contributed by atoms with Gasteiger partial charge >= 0.3 is 0 Å². The molecular formula is C17H10BrCl2N3O2S. The van der Waals surface area contributed by atoms with Gasteiger partial charge in [0.05, 0.1) is 21.4 Å². The quantitative estimate of drug-likeness (QED) is 0.407. The third-order valence-electron chi connectivity index (χ3n) is 3.58. The van der Waals surface area contributed by atoms with Gasteiger partial charge in [0.2, 0.25) is 5.91 Å². The highest BCUT2D eigenvalue weighted by molar-refractivity contribution is 9.10. The van der Waals surface area contributed by atoms with Crippen molar-refractivity contribution < 1.29 is 9.59 Å². The summed E-state index contributed by atoms with van der Waals surface area (Å²) in [6.45, 7) is 0. The van der Waals surface area contributed by atoms with Crippen LogP contribution in [0.3, 0.4) is 0 Å². The average Bonchev–Trinajstić information content (AvgIpc) is 2.59. The molecule has 2 aromatic carbocycles. The number of nitrogens with one attached hydrogen (secondary N) is 1. The molecule has 5 nitrogen and oxygen atoms in total. The van der Waals surface area contributed by atoms with Crippen LogP contribution in [0.15, 0.2) is 51.9 Å². The van der Waals surface area contributed by atoms with Gasteiger partial charge in [0.15, 0.2) is 11.0 Å². The Morgan fingerprint density at radius 3 is 2.54 bits per heavy atom. The normalized spacial score (nSPS) is 17.7. The summed E-state index contributed by atoms with van der Waals surface area (Å²) in [4.78, 5) is 30.5. The number of halogens is 3. The van der Waals surface area contributed by atoms with E-state index in [4.69, 9.17) is 35.4 Å². The van der Waals surface area contributed by atoms with E-state index in [-0.39, 0.29) is 10.1 Å². The summed E-state index contributed by atoms with van der Waals surface area (Å²) in [5.74, 6) is -2.18. The molecule has 0 aliphatic carbocycles. The van der Waals surface area contributed by atoms with E-state index in [0.29, 0.717) is 16.4 Å². The molecular weight excluding hydrogens is 461 g/mol. The molecule has 26 heavy (non-hydrogen) atoms. The van der Waals surface area contributed by atoms with Crippen LogP contribution in [0, 0.1) is 5.92 Å². The minimum Gasteiger partial charge on any atom is -0.301 e. The number of anilines is 1. The van der Waals surface area contributed by atoms with Crippen LogP contribution in [-0.4, -0.2) is 23.1 Å². The zero-order valence-electron chi connectivity index (χ0n) is 12.9. The van der Waals surface area contributed by atoms with Crippen molar-refractivity contribution in [3.05, 3.63) is 57.0 Å². The minimum atomic E-state index is -1.14. The second-order valence-corrected chi connectivity index (χ2v) is 7.36. The average molecular weight is 471 g/mol. The number of rotatable bonds is 3. The molecule has 0 aromatic heterocycles. The third kappa shape index (κ3) is 3.81. The number of aliphatic imine (C=N–C) groups is 1. The van der Waals surface area contributed by atoms with E-state index in [0.717, 1.165) is 4.47 Å². The predicted octanol–water partition coefficient (Wildman–Crippen LogP) is 4.52. The van der Waals surface area contributed by atoms with Crippen LogP contribution >= 0.6 is 51.3 Å². The highest BCUT2D eigenvalue weighted by atomic mass is 79.9. The predicted molar refractivity (Wildman–Crippen MR) is 110 cm³/mol. The van der Waals surface area contributed by atoms with E-state index in [1.807, 2.05) is 0 Å². The van der Waals surface area contributed by atoms with Gasteiger partial charge in [-0.25, -0.2) is 0 Å². The fourth-order valence-corrected chi connectivity index (χ4v) is 3.21. The number of carbonyl (C=O) groups excluding carboxylic acids is 2. The molecule has 9 heteroatoms. The summed E-state index contributed by atoms with van der Waals surface area (Å²) >= 11 is 20.5. The van der Waals surface area contributed by atoms with E-state index in [1.165, 1.54) is 11.1 Å². The molecule has 1 heterocycles. The molecule has 132 valence electrons. The van der Waals surface area contributed by atoms with Gasteiger partial charge in [-0.3, -0.25) is 19.5 Å². The van der Waals surface area contributed by atoms with Gasteiger partial charge in [-0.2, -0.15) is 0 Å². The van der Waals surface area contributed by atoms with Crippen LogP contribution in [0.2, 0.25) is 10.0 Å². The standard InChI is InChI=1S/C17H10BrCl2N3O2S/c18-9-4-6-10(7-5-9)23-16(25)11(15(24)22-17(23)26)8-21-13-3-1-2-12(19)14(13)20/h1-8,11H,(H,22,24,26)/t11-/m1/s1. The number of hydrogen-bond donors (Lipinski definition) is 1. The van der Waals surface area contributed by atoms with E-state index in [9.17, 15) is 9.59 Å². The van der Waals surface area contributed by atoms with Crippen molar-refractivity contribution in [3.8, 4) is 0 Å². The van der Waals surface area contributed by atoms with Crippen LogP contribution in [0.1, 0.15) is 0 Å². The molecule has 0 saturated carbocycles. The molecule has 2 amide bonds. The summed E-state index contributed by atoms with van der Waals surface area (Å²) in [5, 5.41) is 3.12. The maximum Gasteiger partial charge on any atom is 0.251 e. The Kier molecular flexibility index (Phi) is 5.72. The third-order valence-corrected chi connectivity index (χ3v) is 5.20. The zero-order valence-corrected chi connectivity index (χ0v) is 16.9. The SMILES string of the molecule is O=C1NC(=S)N(c2ccc(Br)cc2)C(=O)[C@@H]1C=Nc1cccc(Cl)c1Cl. The highest BCUT2D eigenvalue weighted by Crippen LogP contribution is 2.32. The Morgan fingerprint density at radius 2 is 1.85 bits per heavy atom. The van der Waals surface area contributed by atoms with Crippen molar-refractivity contribution in [2.45, 2.75) is 0 Å². The smallest absolute Gasteiger partial charge is 0.251 e. The van der Waals surface area contributed by atoms with Gasteiger partial charge in [0.25, 0.3) is 5.91 Å². The molecule has 1 saturated heterocycles. The number of benzene rings is 2. The number of nitrogens with zero attached hydrogens (tertiary/aromatic N) is 2. The molecule has 0 unspecified atom stereocenters. The Morgan fingerprint density at radius 1 is 1.15 bits per heavy atom. The summed E-state index contributed by atoms with van der Waals surface area (Å²) in [7, 11) is 0. The van der Waals surface area contributed by atoms with Gasteiger partial charge in [-0.15, -0.1) is 0 Å². The van der Waals surface area contributed by atoms with Crippen LogP contribution < -0.4 is 10.2 Å². The number of hydrogen-bond acceptors (Lipinski definition) is 4. The van der Waals surface area contributed by atoms with E-state index >= 15 is 0 Å². The maximum absolute atomic E-state index is 12.8.